The summed E-state index contributed by atoms with van der Waals surface area (Å²) in [5.74, 6) is 3.71. The van der Waals surface area contributed by atoms with E-state index in [0.717, 1.165) is 4.90 Å². The lowest BCUT2D eigenvalue weighted by Crippen LogP contribution is -2.36. The molecule has 1 aromatic rings. The normalized spacial score (nSPS) is 16.6. The Morgan fingerprint density at radius 3 is 2.38 bits per heavy atom. The third-order valence-corrected chi connectivity index (χ3v) is 3.49. The smallest absolute Gasteiger partial charge is 0.328 e. The van der Waals surface area contributed by atoms with Gasteiger partial charge in [-0.05, 0) is 45.0 Å². The molecule has 0 spiro atoms. The number of esters is 1. The lowest BCUT2D eigenvalue weighted by Gasteiger charge is -2.19. The molecule has 26 heavy (non-hydrogen) atoms. The van der Waals surface area contributed by atoms with Gasteiger partial charge in [-0.25, -0.2) is 9.69 Å². The molecule has 1 saturated heterocycles. The fourth-order valence-corrected chi connectivity index (χ4v) is 1.95. The van der Waals surface area contributed by atoms with Crippen molar-refractivity contribution in [1.82, 2.24) is 10.2 Å². The number of urea groups is 1. The SMILES string of the molecule is CC(C)(C)C(=O)OCN1C(=O)N[C@@H](C#Cc2ccc(C(N)=O)cc2)C1=O. The van der Waals surface area contributed by atoms with Crippen LogP contribution in [0.1, 0.15) is 36.7 Å². The number of nitrogens with two attached hydrogens (primary N) is 1. The number of hydrogen-bond acceptors (Lipinski definition) is 5. The number of carbonyl (C=O) groups excluding carboxylic acids is 4. The summed E-state index contributed by atoms with van der Waals surface area (Å²) in [6.45, 7) is 4.53. The van der Waals surface area contributed by atoms with Crippen molar-refractivity contribution in [3.63, 3.8) is 0 Å². The lowest BCUT2D eigenvalue weighted by atomic mass is 9.98. The van der Waals surface area contributed by atoms with Crippen molar-refractivity contribution < 1.29 is 23.9 Å². The Hall–Kier alpha value is -3.34. The average Bonchev–Trinajstić information content (AvgIpc) is 2.84. The first-order valence-electron chi connectivity index (χ1n) is 7.80. The number of nitrogens with one attached hydrogen (secondary N) is 1. The zero-order valence-electron chi connectivity index (χ0n) is 14.7. The van der Waals surface area contributed by atoms with Crippen LogP contribution in [0.2, 0.25) is 0 Å². The molecule has 0 unspecified atom stereocenters. The summed E-state index contributed by atoms with van der Waals surface area (Å²) in [6, 6.07) is 4.47. The van der Waals surface area contributed by atoms with Gasteiger partial charge in [-0.1, -0.05) is 11.8 Å². The van der Waals surface area contributed by atoms with E-state index in [1.54, 1.807) is 32.9 Å². The van der Waals surface area contributed by atoms with Gasteiger partial charge in [-0.15, -0.1) is 0 Å². The van der Waals surface area contributed by atoms with E-state index in [9.17, 15) is 19.2 Å². The molecule has 0 radical (unpaired) electrons. The van der Waals surface area contributed by atoms with Crippen LogP contribution in [0.3, 0.4) is 0 Å². The first-order valence-corrected chi connectivity index (χ1v) is 7.80. The van der Waals surface area contributed by atoms with E-state index in [0.29, 0.717) is 11.1 Å². The third-order valence-electron chi connectivity index (χ3n) is 3.49. The molecule has 0 aromatic heterocycles. The second kappa shape index (κ2) is 7.27. The molecule has 0 saturated carbocycles. The van der Waals surface area contributed by atoms with Gasteiger partial charge in [-0.2, -0.15) is 0 Å². The number of hydrogen-bond donors (Lipinski definition) is 2. The van der Waals surface area contributed by atoms with Crippen molar-refractivity contribution in [3.8, 4) is 11.8 Å². The van der Waals surface area contributed by atoms with Gasteiger partial charge in [0, 0.05) is 11.1 Å². The quantitative estimate of drug-likeness (QED) is 0.467. The standard InChI is InChI=1S/C18H19N3O5/c1-18(2,3)16(24)26-10-21-15(23)13(20-17(21)25)9-6-11-4-7-12(8-5-11)14(19)22/h4-5,7-8,13H,10H2,1-3H3,(H2,19,22)(H,20,25)/t13-/m0/s1. The molecule has 1 fully saturated rings. The van der Waals surface area contributed by atoms with Crippen molar-refractivity contribution in [1.29, 1.82) is 0 Å². The minimum atomic E-state index is -1.04. The molecule has 3 N–H and O–H groups in total. The lowest BCUT2D eigenvalue weighted by molar-refractivity contribution is -0.157. The molecule has 1 atom stereocenters. The molecule has 1 aliphatic heterocycles. The number of nitrogens with zero attached hydrogens (tertiary/aromatic N) is 1. The van der Waals surface area contributed by atoms with Crippen LogP contribution in [-0.4, -0.2) is 41.5 Å². The summed E-state index contributed by atoms with van der Waals surface area (Å²) in [5.41, 5.74) is 5.30. The predicted octanol–water partition coefficient (Wildman–Crippen LogP) is 0.604. The van der Waals surface area contributed by atoms with Crippen molar-refractivity contribution >= 4 is 23.8 Å². The number of benzene rings is 1. The van der Waals surface area contributed by atoms with Gasteiger partial charge in [0.15, 0.2) is 12.8 Å². The van der Waals surface area contributed by atoms with Crippen molar-refractivity contribution in [3.05, 3.63) is 35.4 Å². The molecule has 1 heterocycles. The maximum atomic E-state index is 12.2. The van der Waals surface area contributed by atoms with Crippen LogP contribution in [-0.2, 0) is 14.3 Å². The summed E-state index contributed by atoms with van der Waals surface area (Å²) < 4.78 is 4.99. The van der Waals surface area contributed by atoms with Crippen LogP contribution in [0.4, 0.5) is 4.79 Å². The highest BCUT2D eigenvalue weighted by molar-refractivity contribution is 6.06. The number of imide groups is 1. The highest BCUT2D eigenvalue weighted by atomic mass is 16.5. The van der Waals surface area contributed by atoms with Gasteiger partial charge in [0.25, 0.3) is 5.91 Å². The van der Waals surface area contributed by atoms with E-state index in [4.69, 9.17) is 10.5 Å². The number of primary amides is 1. The highest BCUT2D eigenvalue weighted by Gasteiger charge is 2.38. The minimum absolute atomic E-state index is 0.340. The van der Waals surface area contributed by atoms with Crippen LogP contribution in [0.5, 0.6) is 0 Å². The van der Waals surface area contributed by atoms with Gasteiger partial charge in [-0.3, -0.25) is 14.4 Å². The maximum Gasteiger partial charge on any atom is 0.328 e. The molecule has 8 nitrogen and oxygen atoms in total. The van der Waals surface area contributed by atoms with Gasteiger partial charge < -0.3 is 15.8 Å². The number of ether oxygens (including phenoxy) is 1. The Balaban J connectivity index is 2.03. The Labute approximate surface area is 150 Å². The van der Waals surface area contributed by atoms with Crippen molar-refractivity contribution in [2.45, 2.75) is 26.8 Å². The second-order valence-electron chi connectivity index (χ2n) is 6.67. The highest BCUT2D eigenvalue weighted by Crippen LogP contribution is 2.16. The largest absolute Gasteiger partial charge is 0.443 e. The molecular formula is C18H19N3O5. The zero-order chi connectivity index (χ0) is 19.5. The first kappa shape index (κ1) is 19.0. The van der Waals surface area contributed by atoms with Crippen LogP contribution < -0.4 is 11.1 Å². The van der Waals surface area contributed by atoms with E-state index in [1.807, 2.05) is 0 Å². The molecule has 1 aliphatic rings. The molecule has 8 heteroatoms. The summed E-state index contributed by atoms with van der Waals surface area (Å²) in [4.78, 5) is 47.7. The summed E-state index contributed by atoms with van der Waals surface area (Å²) >= 11 is 0. The van der Waals surface area contributed by atoms with Gasteiger partial charge in [0.1, 0.15) is 0 Å². The molecule has 0 bridgehead atoms. The first-order chi connectivity index (χ1) is 12.1. The maximum absolute atomic E-state index is 12.2. The van der Waals surface area contributed by atoms with Gasteiger partial charge >= 0.3 is 12.0 Å². The van der Waals surface area contributed by atoms with E-state index in [1.165, 1.54) is 12.1 Å². The van der Waals surface area contributed by atoms with Crippen LogP contribution in [0.25, 0.3) is 0 Å². The summed E-state index contributed by atoms with van der Waals surface area (Å²) in [6.07, 6.45) is 0. The van der Waals surface area contributed by atoms with Crippen molar-refractivity contribution in [2.24, 2.45) is 11.1 Å². The van der Waals surface area contributed by atoms with Crippen LogP contribution in [0.15, 0.2) is 24.3 Å². The van der Waals surface area contributed by atoms with Gasteiger partial charge in [0.2, 0.25) is 5.91 Å². The Kier molecular flexibility index (Phi) is 5.31. The fourth-order valence-electron chi connectivity index (χ4n) is 1.95. The Bertz CT molecular complexity index is 812. The topological polar surface area (TPSA) is 119 Å². The Morgan fingerprint density at radius 2 is 1.85 bits per heavy atom. The molecule has 0 aliphatic carbocycles. The van der Waals surface area contributed by atoms with Crippen LogP contribution >= 0.6 is 0 Å². The zero-order valence-corrected chi connectivity index (χ0v) is 14.7. The van der Waals surface area contributed by atoms with E-state index < -0.39 is 42.0 Å². The molecule has 1 aromatic carbocycles. The number of amides is 4. The monoisotopic (exact) mass is 357 g/mol. The molecular weight excluding hydrogens is 338 g/mol. The Morgan fingerprint density at radius 1 is 1.23 bits per heavy atom. The van der Waals surface area contributed by atoms with Crippen molar-refractivity contribution in [2.75, 3.05) is 6.73 Å². The van der Waals surface area contributed by atoms with E-state index >= 15 is 0 Å². The summed E-state index contributed by atoms with van der Waals surface area (Å²) in [7, 11) is 0. The third kappa shape index (κ3) is 4.39. The molecule has 136 valence electrons. The minimum Gasteiger partial charge on any atom is -0.443 e. The van der Waals surface area contributed by atoms with E-state index in [-0.39, 0.29) is 0 Å². The number of carbonyl (C=O) groups is 4. The molecule has 4 amide bonds. The van der Waals surface area contributed by atoms with E-state index in [2.05, 4.69) is 17.2 Å². The van der Waals surface area contributed by atoms with Gasteiger partial charge in [0.05, 0.1) is 5.41 Å². The van der Waals surface area contributed by atoms with Crippen LogP contribution in [0, 0.1) is 17.3 Å². The average molecular weight is 357 g/mol. The number of rotatable bonds is 3. The molecule has 2 rings (SSSR count). The summed E-state index contributed by atoms with van der Waals surface area (Å²) in [5, 5.41) is 2.41. The predicted molar refractivity (Wildman–Crippen MR) is 91.4 cm³/mol. The fraction of sp³-hybridized carbons (Fsp3) is 0.333. The second-order valence-corrected chi connectivity index (χ2v) is 6.67.